The van der Waals surface area contributed by atoms with Crippen molar-refractivity contribution in [2.75, 3.05) is 0 Å². The molecule has 1 unspecified atom stereocenters. The fourth-order valence-corrected chi connectivity index (χ4v) is 2.85. The Balaban J connectivity index is 2.29. The predicted molar refractivity (Wildman–Crippen MR) is 70.1 cm³/mol. The summed E-state index contributed by atoms with van der Waals surface area (Å²) in [4.78, 5) is 2.50. The Morgan fingerprint density at radius 2 is 2.24 bits per heavy atom. The quantitative estimate of drug-likeness (QED) is 0.906. The molecule has 2 aromatic heterocycles. The third-order valence-electron chi connectivity index (χ3n) is 2.89. The number of rotatable bonds is 4. The standard InChI is InChI=1S/C12H18N4S/c1-4-5-16-10(7-14-15-16)12(13)11-6-8(2)9(3)17-11/h6-7,12H,4-5,13H2,1-3H3. The number of thiophene rings is 1. The first-order chi connectivity index (χ1) is 8.13. The van der Waals surface area contributed by atoms with Crippen LogP contribution in [0, 0.1) is 13.8 Å². The summed E-state index contributed by atoms with van der Waals surface area (Å²) in [5.41, 5.74) is 8.58. The average molecular weight is 250 g/mol. The fourth-order valence-electron chi connectivity index (χ4n) is 1.79. The van der Waals surface area contributed by atoms with Crippen molar-refractivity contribution in [1.82, 2.24) is 15.0 Å². The summed E-state index contributed by atoms with van der Waals surface area (Å²) in [7, 11) is 0. The van der Waals surface area contributed by atoms with Crippen LogP contribution in [-0.2, 0) is 6.54 Å². The van der Waals surface area contributed by atoms with Crippen LogP contribution in [0.15, 0.2) is 12.3 Å². The topological polar surface area (TPSA) is 56.7 Å². The van der Waals surface area contributed by atoms with Gasteiger partial charge in [-0.15, -0.1) is 16.4 Å². The van der Waals surface area contributed by atoms with E-state index in [0.717, 1.165) is 18.7 Å². The highest BCUT2D eigenvalue weighted by atomic mass is 32.1. The molecular weight excluding hydrogens is 232 g/mol. The number of aryl methyl sites for hydroxylation is 3. The Kier molecular flexibility index (Phi) is 3.59. The minimum atomic E-state index is -0.117. The maximum Gasteiger partial charge on any atom is 0.0833 e. The van der Waals surface area contributed by atoms with Gasteiger partial charge in [-0.2, -0.15) is 0 Å². The molecule has 2 rings (SSSR count). The van der Waals surface area contributed by atoms with Gasteiger partial charge in [0.15, 0.2) is 0 Å². The van der Waals surface area contributed by atoms with Gasteiger partial charge < -0.3 is 5.73 Å². The highest BCUT2D eigenvalue weighted by Gasteiger charge is 2.17. The monoisotopic (exact) mass is 250 g/mol. The Morgan fingerprint density at radius 1 is 1.47 bits per heavy atom. The second-order valence-corrected chi connectivity index (χ2v) is 5.54. The summed E-state index contributed by atoms with van der Waals surface area (Å²) in [6.45, 7) is 7.23. The summed E-state index contributed by atoms with van der Waals surface area (Å²) < 4.78 is 1.90. The minimum absolute atomic E-state index is 0.117. The van der Waals surface area contributed by atoms with Gasteiger partial charge in [0.1, 0.15) is 0 Å². The SMILES string of the molecule is CCCn1nncc1C(N)c1cc(C)c(C)s1. The Labute approximate surface area is 105 Å². The van der Waals surface area contributed by atoms with Crippen LogP contribution in [-0.4, -0.2) is 15.0 Å². The normalized spacial score (nSPS) is 12.9. The van der Waals surface area contributed by atoms with Crippen molar-refractivity contribution in [2.24, 2.45) is 5.73 Å². The molecule has 2 N–H and O–H groups in total. The van der Waals surface area contributed by atoms with Gasteiger partial charge >= 0.3 is 0 Å². The summed E-state index contributed by atoms with van der Waals surface area (Å²) in [5.74, 6) is 0. The van der Waals surface area contributed by atoms with Gasteiger partial charge in [0.2, 0.25) is 0 Å². The third-order valence-corrected chi connectivity index (χ3v) is 4.13. The molecule has 5 heteroatoms. The number of hydrogen-bond acceptors (Lipinski definition) is 4. The second-order valence-electron chi connectivity index (χ2n) is 4.25. The first kappa shape index (κ1) is 12.3. The lowest BCUT2D eigenvalue weighted by Gasteiger charge is -2.10. The summed E-state index contributed by atoms with van der Waals surface area (Å²) in [5, 5.41) is 8.03. The zero-order valence-electron chi connectivity index (χ0n) is 10.5. The van der Waals surface area contributed by atoms with Gasteiger partial charge in [0.25, 0.3) is 0 Å². The van der Waals surface area contributed by atoms with Crippen LogP contribution in [0.5, 0.6) is 0 Å². The second kappa shape index (κ2) is 4.98. The first-order valence-corrected chi connectivity index (χ1v) is 6.66. The van der Waals surface area contributed by atoms with E-state index >= 15 is 0 Å². The predicted octanol–water partition coefficient (Wildman–Crippen LogP) is 2.41. The molecule has 0 fully saturated rings. The maximum atomic E-state index is 6.28. The molecule has 0 saturated heterocycles. The Hall–Kier alpha value is -1.20. The summed E-state index contributed by atoms with van der Waals surface area (Å²) in [6.07, 6.45) is 2.80. The molecule has 0 radical (unpaired) electrons. The van der Waals surface area contributed by atoms with E-state index in [4.69, 9.17) is 5.73 Å². The number of nitrogens with two attached hydrogens (primary N) is 1. The highest BCUT2D eigenvalue weighted by Crippen LogP contribution is 2.28. The molecule has 0 aliphatic rings. The molecule has 0 saturated carbocycles. The number of aromatic nitrogens is 3. The van der Waals surface area contributed by atoms with Crippen molar-refractivity contribution in [1.29, 1.82) is 0 Å². The van der Waals surface area contributed by atoms with Gasteiger partial charge in [-0.1, -0.05) is 12.1 Å². The third kappa shape index (κ3) is 2.40. The molecular formula is C12H18N4S. The van der Waals surface area contributed by atoms with Crippen molar-refractivity contribution < 1.29 is 0 Å². The van der Waals surface area contributed by atoms with Crippen molar-refractivity contribution in [2.45, 2.75) is 39.8 Å². The first-order valence-electron chi connectivity index (χ1n) is 5.84. The minimum Gasteiger partial charge on any atom is -0.318 e. The van der Waals surface area contributed by atoms with E-state index in [2.05, 4.69) is 37.1 Å². The van der Waals surface area contributed by atoms with E-state index in [1.165, 1.54) is 15.3 Å². The van der Waals surface area contributed by atoms with Crippen molar-refractivity contribution in [3.63, 3.8) is 0 Å². The van der Waals surface area contributed by atoms with Gasteiger partial charge in [0.05, 0.1) is 17.9 Å². The van der Waals surface area contributed by atoms with Crippen LogP contribution < -0.4 is 5.73 Å². The van der Waals surface area contributed by atoms with Crippen LogP contribution in [0.1, 0.15) is 40.4 Å². The van der Waals surface area contributed by atoms with Gasteiger partial charge in [-0.3, -0.25) is 0 Å². The van der Waals surface area contributed by atoms with Crippen molar-refractivity contribution in [3.8, 4) is 0 Å². The Morgan fingerprint density at radius 3 is 2.82 bits per heavy atom. The molecule has 0 amide bonds. The molecule has 0 spiro atoms. The Bertz CT molecular complexity index is 481. The molecule has 0 aliphatic carbocycles. The highest BCUT2D eigenvalue weighted by molar-refractivity contribution is 7.12. The van der Waals surface area contributed by atoms with E-state index in [1.807, 2.05) is 4.68 Å². The van der Waals surface area contributed by atoms with Crippen LogP contribution in [0.25, 0.3) is 0 Å². The molecule has 2 aromatic rings. The average Bonchev–Trinajstić information content (AvgIpc) is 2.87. The van der Waals surface area contributed by atoms with Crippen LogP contribution in [0.3, 0.4) is 0 Å². The van der Waals surface area contributed by atoms with Gasteiger partial charge in [-0.05, 0) is 31.9 Å². The molecule has 17 heavy (non-hydrogen) atoms. The zero-order chi connectivity index (χ0) is 12.4. The lowest BCUT2D eigenvalue weighted by molar-refractivity contribution is 0.545. The van der Waals surface area contributed by atoms with Crippen LogP contribution in [0.4, 0.5) is 0 Å². The largest absolute Gasteiger partial charge is 0.318 e. The maximum absolute atomic E-state index is 6.28. The van der Waals surface area contributed by atoms with E-state index in [-0.39, 0.29) is 6.04 Å². The molecule has 4 nitrogen and oxygen atoms in total. The number of nitrogens with zero attached hydrogens (tertiary/aromatic N) is 3. The van der Waals surface area contributed by atoms with Crippen LogP contribution >= 0.6 is 11.3 Å². The lowest BCUT2D eigenvalue weighted by Crippen LogP contribution is -2.16. The van der Waals surface area contributed by atoms with E-state index in [0.29, 0.717) is 0 Å². The van der Waals surface area contributed by atoms with Gasteiger partial charge in [0, 0.05) is 16.3 Å². The zero-order valence-corrected chi connectivity index (χ0v) is 11.3. The fraction of sp³-hybridized carbons (Fsp3) is 0.500. The van der Waals surface area contributed by atoms with E-state index in [9.17, 15) is 0 Å². The molecule has 1 atom stereocenters. The van der Waals surface area contributed by atoms with Crippen molar-refractivity contribution in [3.05, 3.63) is 33.3 Å². The molecule has 0 aromatic carbocycles. The molecule has 0 bridgehead atoms. The van der Waals surface area contributed by atoms with Crippen LogP contribution in [0.2, 0.25) is 0 Å². The van der Waals surface area contributed by atoms with E-state index in [1.54, 1.807) is 17.5 Å². The lowest BCUT2D eigenvalue weighted by atomic mass is 10.1. The van der Waals surface area contributed by atoms with E-state index < -0.39 is 0 Å². The van der Waals surface area contributed by atoms with Crippen molar-refractivity contribution >= 4 is 11.3 Å². The molecule has 2 heterocycles. The molecule has 0 aliphatic heterocycles. The smallest absolute Gasteiger partial charge is 0.0833 e. The van der Waals surface area contributed by atoms with Gasteiger partial charge in [-0.25, -0.2) is 4.68 Å². The summed E-state index contributed by atoms with van der Waals surface area (Å²) >= 11 is 1.75. The summed E-state index contributed by atoms with van der Waals surface area (Å²) in [6, 6.07) is 2.04. The molecule has 92 valence electrons. The number of hydrogen-bond donors (Lipinski definition) is 1.